The number of pyridine rings is 1. The van der Waals surface area contributed by atoms with Gasteiger partial charge in [-0.1, -0.05) is 23.4 Å². The van der Waals surface area contributed by atoms with Gasteiger partial charge in [0.15, 0.2) is 6.61 Å². The molecule has 1 saturated heterocycles. The summed E-state index contributed by atoms with van der Waals surface area (Å²) in [6.07, 6.45) is 1.81. The predicted molar refractivity (Wildman–Crippen MR) is 105 cm³/mol. The van der Waals surface area contributed by atoms with Crippen LogP contribution < -0.4 is 4.74 Å². The molecule has 0 N–H and O–H groups in total. The summed E-state index contributed by atoms with van der Waals surface area (Å²) in [6, 6.07) is 13.2. The number of hydrogen-bond acceptors (Lipinski definition) is 7. The van der Waals surface area contributed by atoms with E-state index in [-0.39, 0.29) is 12.5 Å². The molecule has 1 aliphatic rings. The molecule has 1 amide bonds. The lowest BCUT2D eigenvalue weighted by Crippen LogP contribution is -2.48. The maximum Gasteiger partial charge on any atom is 0.257 e. The van der Waals surface area contributed by atoms with E-state index in [4.69, 9.17) is 9.26 Å². The number of rotatable bonds is 6. The lowest BCUT2D eigenvalue weighted by atomic mass is 10.1. The van der Waals surface area contributed by atoms with E-state index in [1.807, 2.05) is 41.4 Å². The van der Waals surface area contributed by atoms with Gasteiger partial charge in [-0.25, -0.2) is 0 Å². The lowest BCUT2D eigenvalue weighted by Gasteiger charge is -2.34. The molecule has 1 fully saturated rings. The van der Waals surface area contributed by atoms with Crippen LogP contribution in [0.3, 0.4) is 0 Å². The quantitative estimate of drug-likeness (QED) is 0.635. The highest BCUT2D eigenvalue weighted by molar-refractivity contribution is 5.97. The SMILES string of the molecule is Cc1nc(COc2ccccc2C(=O)N2CCN(Cc3ccccn3)CC2)no1. The Hall–Kier alpha value is -3.26. The molecule has 0 saturated carbocycles. The van der Waals surface area contributed by atoms with Crippen LogP contribution in [0, 0.1) is 6.92 Å². The zero-order valence-electron chi connectivity index (χ0n) is 16.3. The van der Waals surface area contributed by atoms with E-state index >= 15 is 0 Å². The molecule has 2 aromatic heterocycles. The number of benzene rings is 1. The summed E-state index contributed by atoms with van der Waals surface area (Å²) in [4.78, 5) is 25.8. The molecule has 0 radical (unpaired) electrons. The Morgan fingerprint density at radius 1 is 1.10 bits per heavy atom. The molecule has 0 aliphatic carbocycles. The van der Waals surface area contributed by atoms with Crippen LogP contribution in [0.2, 0.25) is 0 Å². The van der Waals surface area contributed by atoms with Gasteiger partial charge in [-0.05, 0) is 24.3 Å². The number of aryl methyl sites for hydroxylation is 1. The van der Waals surface area contributed by atoms with E-state index in [0.717, 1.165) is 25.3 Å². The Bertz CT molecular complexity index is 952. The third-order valence-electron chi connectivity index (χ3n) is 4.82. The van der Waals surface area contributed by atoms with Crippen molar-refractivity contribution in [2.24, 2.45) is 0 Å². The predicted octanol–water partition coefficient (Wildman–Crippen LogP) is 2.31. The third-order valence-corrected chi connectivity index (χ3v) is 4.82. The first kappa shape index (κ1) is 19.1. The fourth-order valence-electron chi connectivity index (χ4n) is 3.31. The molecule has 3 aromatic rings. The minimum absolute atomic E-state index is 0.0256. The number of amides is 1. The number of piperazine rings is 1. The second-order valence-corrected chi connectivity index (χ2v) is 6.90. The smallest absolute Gasteiger partial charge is 0.257 e. The van der Waals surface area contributed by atoms with Crippen LogP contribution in [0.5, 0.6) is 5.75 Å². The average Bonchev–Trinajstić information content (AvgIpc) is 3.18. The van der Waals surface area contributed by atoms with Gasteiger partial charge >= 0.3 is 0 Å². The average molecular weight is 393 g/mol. The first-order chi connectivity index (χ1) is 14.2. The Labute approximate surface area is 169 Å². The minimum atomic E-state index is -0.0256. The van der Waals surface area contributed by atoms with E-state index in [9.17, 15) is 4.79 Å². The van der Waals surface area contributed by atoms with Crippen LogP contribution in [-0.2, 0) is 13.2 Å². The molecule has 0 bridgehead atoms. The number of carbonyl (C=O) groups excluding carboxylic acids is 1. The first-order valence-electron chi connectivity index (χ1n) is 9.61. The molecular weight excluding hydrogens is 370 g/mol. The standard InChI is InChI=1S/C21H23N5O3/c1-16-23-20(24-29-16)15-28-19-8-3-2-7-18(19)21(27)26-12-10-25(11-13-26)14-17-6-4-5-9-22-17/h2-9H,10-15H2,1H3. The van der Waals surface area contributed by atoms with Crippen molar-refractivity contribution < 1.29 is 14.1 Å². The van der Waals surface area contributed by atoms with E-state index in [1.165, 1.54) is 0 Å². The monoisotopic (exact) mass is 393 g/mol. The maximum absolute atomic E-state index is 13.1. The number of aromatic nitrogens is 3. The second-order valence-electron chi connectivity index (χ2n) is 6.90. The van der Waals surface area contributed by atoms with Gasteiger partial charge in [0.25, 0.3) is 5.91 Å². The van der Waals surface area contributed by atoms with Gasteiger partial charge in [-0.15, -0.1) is 0 Å². The van der Waals surface area contributed by atoms with Gasteiger partial charge in [0.05, 0.1) is 11.3 Å². The zero-order chi connectivity index (χ0) is 20.1. The molecule has 4 rings (SSSR count). The summed E-state index contributed by atoms with van der Waals surface area (Å²) >= 11 is 0. The molecule has 1 aromatic carbocycles. The second kappa shape index (κ2) is 8.83. The van der Waals surface area contributed by atoms with Gasteiger partial charge in [0, 0.05) is 45.8 Å². The largest absolute Gasteiger partial charge is 0.485 e. The van der Waals surface area contributed by atoms with Crippen LogP contribution in [0.25, 0.3) is 0 Å². The number of para-hydroxylation sites is 1. The van der Waals surface area contributed by atoms with Crippen LogP contribution in [0.1, 0.15) is 27.8 Å². The van der Waals surface area contributed by atoms with Crippen LogP contribution in [0.4, 0.5) is 0 Å². The Morgan fingerprint density at radius 3 is 2.62 bits per heavy atom. The van der Waals surface area contributed by atoms with E-state index in [0.29, 0.717) is 36.1 Å². The Balaban J connectivity index is 1.36. The van der Waals surface area contributed by atoms with Crippen molar-refractivity contribution in [1.29, 1.82) is 0 Å². The molecule has 8 heteroatoms. The number of hydrogen-bond donors (Lipinski definition) is 0. The van der Waals surface area contributed by atoms with Crippen molar-refractivity contribution in [1.82, 2.24) is 24.9 Å². The molecular formula is C21H23N5O3. The summed E-state index contributed by atoms with van der Waals surface area (Å²) in [5.41, 5.74) is 1.59. The highest BCUT2D eigenvalue weighted by Gasteiger charge is 2.24. The van der Waals surface area contributed by atoms with Gasteiger partial charge in [-0.3, -0.25) is 14.7 Å². The number of ether oxygens (including phenoxy) is 1. The highest BCUT2D eigenvalue weighted by atomic mass is 16.5. The van der Waals surface area contributed by atoms with E-state index < -0.39 is 0 Å². The summed E-state index contributed by atoms with van der Waals surface area (Å²) in [5, 5.41) is 3.82. The van der Waals surface area contributed by atoms with Crippen molar-refractivity contribution in [2.45, 2.75) is 20.1 Å². The molecule has 29 heavy (non-hydrogen) atoms. The van der Waals surface area contributed by atoms with Gasteiger partial charge in [0.2, 0.25) is 11.7 Å². The van der Waals surface area contributed by atoms with E-state index in [2.05, 4.69) is 20.0 Å². The normalized spacial score (nSPS) is 14.7. The lowest BCUT2D eigenvalue weighted by molar-refractivity contribution is 0.0622. The van der Waals surface area contributed by atoms with Crippen molar-refractivity contribution in [3.05, 3.63) is 71.6 Å². The Morgan fingerprint density at radius 2 is 1.90 bits per heavy atom. The topological polar surface area (TPSA) is 84.6 Å². The van der Waals surface area contributed by atoms with Crippen LogP contribution in [-0.4, -0.2) is 57.0 Å². The molecule has 3 heterocycles. The fraction of sp³-hybridized carbons (Fsp3) is 0.333. The summed E-state index contributed by atoms with van der Waals surface area (Å²) < 4.78 is 10.8. The van der Waals surface area contributed by atoms with Gasteiger partial charge in [-0.2, -0.15) is 4.98 Å². The van der Waals surface area contributed by atoms with Gasteiger partial charge < -0.3 is 14.2 Å². The first-order valence-corrected chi connectivity index (χ1v) is 9.61. The van der Waals surface area contributed by atoms with Crippen molar-refractivity contribution in [2.75, 3.05) is 26.2 Å². The number of nitrogens with zero attached hydrogens (tertiary/aromatic N) is 5. The number of carbonyl (C=O) groups is 1. The van der Waals surface area contributed by atoms with Gasteiger partial charge in [0.1, 0.15) is 5.75 Å². The van der Waals surface area contributed by atoms with Crippen LogP contribution in [0.15, 0.2) is 53.2 Å². The van der Waals surface area contributed by atoms with E-state index in [1.54, 1.807) is 19.1 Å². The molecule has 1 aliphatic heterocycles. The highest BCUT2D eigenvalue weighted by Crippen LogP contribution is 2.22. The minimum Gasteiger partial charge on any atom is -0.485 e. The molecule has 150 valence electrons. The van der Waals surface area contributed by atoms with Crippen molar-refractivity contribution in [3.63, 3.8) is 0 Å². The molecule has 0 unspecified atom stereocenters. The summed E-state index contributed by atoms with van der Waals surface area (Å²) in [6.45, 7) is 5.64. The zero-order valence-corrected chi connectivity index (χ0v) is 16.3. The molecule has 0 spiro atoms. The summed E-state index contributed by atoms with van der Waals surface area (Å²) in [7, 11) is 0. The van der Waals surface area contributed by atoms with Crippen molar-refractivity contribution >= 4 is 5.91 Å². The maximum atomic E-state index is 13.1. The fourth-order valence-corrected chi connectivity index (χ4v) is 3.31. The van der Waals surface area contributed by atoms with Crippen LogP contribution >= 0.6 is 0 Å². The molecule has 0 atom stereocenters. The summed E-state index contributed by atoms with van der Waals surface area (Å²) in [5.74, 6) is 1.43. The Kier molecular flexibility index (Phi) is 5.81. The third kappa shape index (κ3) is 4.78. The van der Waals surface area contributed by atoms with Crippen molar-refractivity contribution in [3.8, 4) is 5.75 Å². The molecule has 8 nitrogen and oxygen atoms in total.